The van der Waals surface area contributed by atoms with E-state index in [9.17, 15) is 4.79 Å². The number of amides is 1. The zero-order valence-corrected chi connectivity index (χ0v) is 13.2. The first-order valence-electron chi connectivity index (χ1n) is 6.41. The molecule has 0 saturated carbocycles. The van der Waals surface area contributed by atoms with Crippen molar-refractivity contribution in [2.75, 3.05) is 7.11 Å². The van der Waals surface area contributed by atoms with Crippen LogP contribution in [0.2, 0.25) is 10.0 Å². The minimum Gasteiger partial charge on any atom is -0.496 e. The normalized spacial score (nSPS) is 11.8. The minimum absolute atomic E-state index is 0.197. The van der Waals surface area contributed by atoms with Crippen molar-refractivity contribution in [2.24, 2.45) is 0 Å². The summed E-state index contributed by atoms with van der Waals surface area (Å²) in [5.41, 5.74) is 1.37. The van der Waals surface area contributed by atoms with Gasteiger partial charge in [0.05, 0.1) is 28.8 Å². The number of carbonyl (C=O) groups excluding carboxylic acids is 1. The molecule has 0 radical (unpaired) electrons. The summed E-state index contributed by atoms with van der Waals surface area (Å²) in [6, 6.07) is 12.2. The molecule has 1 N–H and O–H groups in total. The van der Waals surface area contributed by atoms with Gasteiger partial charge in [-0.2, -0.15) is 0 Å². The highest BCUT2D eigenvalue weighted by Gasteiger charge is 2.15. The summed E-state index contributed by atoms with van der Waals surface area (Å²) in [4.78, 5) is 12.3. The number of ether oxygens (including phenoxy) is 1. The predicted molar refractivity (Wildman–Crippen MR) is 85.3 cm³/mol. The van der Waals surface area contributed by atoms with Crippen LogP contribution >= 0.6 is 23.2 Å². The Balaban J connectivity index is 2.16. The van der Waals surface area contributed by atoms with Crippen molar-refractivity contribution in [1.82, 2.24) is 5.32 Å². The Morgan fingerprint density at radius 3 is 2.52 bits per heavy atom. The van der Waals surface area contributed by atoms with Crippen molar-refractivity contribution in [3.8, 4) is 5.75 Å². The Morgan fingerprint density at radius 2 is 1.86 bits per heavy atom. The quantitative estimate of drug-likeness (QED) is 0.900. The van der Waals surface area contributed by atoms with E-state index in [1.165, 1.54) is 7.11 Å². The summed E-state index contributed by atoms with van der Waals surface area (Å²) in [5.74, 6) is 0.336. The van der Waals surface area contributed by atoms with Crippen LogP contribution in [0, 0.1) is 0 Å². The standard InChI is InChI=1S/C16H15Cl2NO2/c1-10(11-7-8-13(17)14(18)9-11)19-16(20)12-5-3-4-6-15(12)21-2/h3-10H,1-2H3,(H,19,20)/t10-/m0/s1. The molecule has 3 nitrogen and oxygen atoms in total. The van der Waals surface area contributed by atoms with Gasteiger partial charge in [-0.25, -0.2) is 0 Å². The lowest BCUT2D eigenvalue weighted by Crippen LogP contribution is -2.27. The molecule has 0 unspecified atom stereocenters. The van der Waals surface area contributed by atoms with E-state index in [1.54, 1.807) is 30.3 Å². The SMILES string of the molecule is COc1ccccc1C(=O)N[C@@H](C)c1ccc(Cl)c(Cl)c1. The number of benzene rings is 2. The van der Waals surface area contributed by atoms with Crippen LogP contribution in [0.1, 0.15) is 28.9 Å². The number of nitrogens with one attached hydrogen (secondary N) is 1. The van der Waals surface area contributed by atoms with Crippen LogP contribution in [-0.4, -0.2) is 13.0 Å². The predicted octanol–water partition coefficient (Wildman–Crippen LogP) is 4.49. The fourth-order valence-corrected chi connectivity index (χ4v) is 2.28. The molecule has 0 fully saturated rings. The Hall–Kier alpha value is -1.71. The number of hydrogen-bond acceptors (Lipinski definition) is 2. The minimum atomic E-state index is -0.203. The third-order valence-electron chi connectivity index (χ3n) is 3.14. The van der Waals surface area contributed by atoms with Crippen molar-refractivity contribution in [3.63, 3.8) is 0 Å². The van der Waals surface area contributed by atoms with Gasteiger partial charge in [0.1, 0.15) is 5.75 Å². The van der Waals surface area contributed by atoms with E-state index in [0.717, 1.165) is 5.56 Å². The van der Waals surface area contributed by atoms with Crippen LogP contribution in [0.15, 0.2) is 42.5 Å². The van der Waals surface area contributed by atoms with Crippen LogP contribution in [0.3, 0.4) is 0 Å². The molecule has 0 aliphatic carbocycles. The smallest absolute Gasteiger partial charge is 0.255 e. The molecule has 2 aromatic rings. The van der Waals surface area contributed by atoms with Crippen molar-refractivity contribution in [2.45, 2.75) is 13.0 Å². The Bertz CT molecular complexity index is 658. The first-order valence-corrected chi connectivity index (χ1v) is 7.17. The van der Waals surface area contributed by atoms with Gasteiger partial charge in [0.2, 0.25) is 0 Å². The maximum absolute atomic E-state index is 12.3. The molecule has 1 atom stereocenters. The van der Waals surface area contributed by atoms with Gasteiger partial charge in [0, 0.05) is 0 Å². The van der Waals surface area contributed by atoms with Gasteiger partial charge >= 0.3 is 0 Å². The zero-order valence-electron chi connectivity index (χ0n) is 11.7. The molecule has 0 aromatic heterocycles. The van der Waals surface area contributed by atoms with Gasteiger partial charge in [-0.15, -0.1) is 0 Å². The number of halogens is 2. The summed E-state index contributed by atoms with van der Waals surface area (Å²) in [6.07, 6.45) is 0. The number of para-hydroxylation sites is 1. The molecule has 0 aliphatic rings. The average Bonchev–Trinajstić information content (AvgIpc) is 2.49. The number of methoxy groups -OCH3 is 1. The van der Waals surface area contributed by atoms with Gasteiger partial charge in [0.25, 0.3) is 5.91 Å². The molecule has 1 amide bonds. The lowest BCUT2D eigenvalue weighted by molar-refractivity contribution is 0.0937. The van der Waals surface area contributed by atoms with Crippen molar-refractivity contribution < 1.29 is 9.53 Å². The highest BCUT2D eigenvalue weighted by Crippen LogP contribution is 2.26. The first-order chi connectivity index (χ1) is 10.0. The first kappa shape index (κ1) is 15.7. The van der Waals surface area contributed by atoms with Crippen molar-refractivity contribution >= 4 is 29.1 Å². The lowest BCUT2D eigenvalue weighted by atomic mass is 10.1. The lowest BCUT2D eigenvalue weighted by Gasteiger charge is -2.16. The molecule has 110 valence electrons. The molecule has 2 aromatic carbocycles. The highest BCUT2D eigenvalue weighted by atomic mass is 35.5. The summed E-state index contributed by atoms with van der Waals surface area (Å²) < 4.78 is 5.19. The highest BCUT2D eigenvalue weighted by molar-refractivity contribution is 6.42. The molecular weight excluding hydrogens is 309 g/mol. The summed E-state index contributed by atoms with van der Waals surface area (Å²) in [6.45, 7) is 1.88. The van der Waals surface area contributed by atoms with Crippen LogP contribution in [0.4, 0.5) is 0 Å². The summed E-state index contributed by atoms with van der Waals surface area (Å²) in [5, 5.41) is 3.87. The van der Waals surface area contributed by atoms with Crippen molar-refractivity contribution in [1.29, 1.82) is 0 Å². The third-order valence-corrected chi connectivity index (χ3v) is 3.88. The Morgan fingerprint density at radius 1 is 1.14 bits per heavy atom. The second kappa shape index (κ2) is 6.83. The van der Waals surface area contributed by atoms with Gasteiger partial charge in [0.15, 0.2) is 0 Å². The molecule has 0 aliphatic heterocycles. The Kier molecular flexibility index (Phi) is 5.10. The summed E-state index contributed by atoms with van der Waals surface area (Å²) in [7, 11) is 1.54. The number of carbonyl (C=O) groups is 1. The van der Waals surface area contributed by atoms with Gasteiger partial charge in [-0.1, -0.05) is 41.4 Å². The second-order valence-corrected chi connectivity index (χ2v) is 5.38. The maximum atomic E-state index is 12.3. The summed E-state index contributed by atoms with van der Waals surface area (Å²) >= 11 is 11.9. The molecule has 0 spiro atoms. The monoisotopic (exact) mass is 323 g/mol. The van der Waals surface area contributed by atoms with E-state index in [1.807, 2.05) is 19.1 Å². The third kappa shape index (κ3) is 3.69. The van der Waals surface area contributed by atoms with Crippen LogP contribution in [0.25, 0.3) is 0 Å². The van der Waals surface area contributed by atoms with Gasteiger partial charge in [-0.3, -0.25) is 4.79 Å². The number of rotatable bonds is 4. The van der Waals surface area contributed by atoms with Crippen molar-refractivity contribution in [3.05, 3.63) is 63.6 Å². The molecule has 0 saturated heterocycles. The molecule has 0 heterocycles. The van der Waals surface area contributed by atoms with Crippen LogP contribution in [0.5, 0.6) is 5.75 Å². The fraction of sp³-hybridized carbons (Fsp3) is 0.188. The molecule has 2 rings (SSSR count). The molecular formula is C16H15Cl2NO2. The van der Waals surface area contributed by atoms with Gasteiger partial charge < -0.3 is 10.1 Å². The topological polar surface area (TPSA) is 38.3 Å². The van der Waals surface area contributed by atoms with E-state index in [0.29, 0.717) is 21.4 Å². The van der Waals surface area contributed by atoms with E-state index in [2.05, 4.69) is 5.32 Å². The van der Waals surface area contributed by atoms with E-state index in [-0.39, 0.29) is 11.9 Å². The van der Waals surface area contributed by atoms with E-state index < -0.39 is 0 Å². The van der Waals surface area contributed by atoms with Crippen LogP contribution in [-0.2, 0) is 0 Å². The Labute approximate surface area is 133 Å². The van der Waals surface area contributed by atoms with E-state index in [4.69, 9.17) is 27.9 Å². The molecule has 5 heteroatoms. The number of hydrogen-bond donors (Lipinski definition) is 1. The molecule has 21 heavy (non-hydrogen) atoms. The zero-order chi connectivity index (χ0) is 15.4. The molecule has 0 bridgehead atoms. The van der Waals surface area contributed by atoms with Crippen LogP contribution < -0.4 is 10.1 Å². The van der Waals surface area contributed by atoms with E-state index >= 15 is 0 Å². The largest absolute Gasteiger partial charge is 0.496 e. The second-order valence-electron chi connectivity index (χ2n) is 4.57. The fourth-order valence-electron chi connectivity index (χ4n) is 1.97. The van der Waals surface area contributed by atoms with Gasteiger partial charge in [-0.05, 0) is 36.8 Å². The maximum Gasteiger partial charge on any atom is 0.255 e. The average molecular weight is 324 g/mol.